The van der Waals surface area contributed by atoms with Gasteiger partial charge in [0.1, 0.15) is 0 Å². The van der Waals surface area contributed by atoms with Crippen molar-refractivity contribution in [2.24, 2.45) is 11.1 Å². The molecular weight excluding hydrogens is 260 g/mol. The number of carboxylic acid groups (broad SMARTS) is 1. The molecule has 7 nitrogen and oxygen atoms in total. The molecular formula is C13H20N4O3. The topological polar surface area (TPSA) is 90.1 Å². The third-order valence-corrected chi connectivity index (χ3v) is 5.74. The highest BCUT2D eigenvalue weighted by atomic mass is 16.4. The van der Waals surface area contributed by atoms with Crippen LogP contribution < -0.4 is 5.73 Å². The maximum atomic E-state index is 12.5. The van der Waals surface area contributed by atoms with E-state index in [0.717, 1.165) is 25.8 Å². The van der Waals surface area contributed by atoms with Gasteiger partial charge in [-0.2, -0.15) is 0 Å². The van der Waals surface area contributed by atoms with Crippen LogP contribution in [-0.2, 0) is 0 Å². The van der Waals surface area contributed by atoms with Crippen LogP contribution in [-0.4, -0.2) is 76.2 Å². The smallest absolute Gasteiger partial charge is 0.407 e. The molecule has 3 N–H and O–H groups in total. The first-order valence-corrected chi connectivity index (χ1v) is 7.25. The van der Waals surface area contributed by atoms with Gasteiger partial charge >= 0.3 is 12.1 Å². The number of amides is 3. The van der Waals surface area contributed by atoms with Crippen molar-refractivity contribution in [3.8, 4) is 0 Å². The number of fused-ring (bicyclic) bond motifs is 1. The van der Waals surface area contributed by atoms with Crippen molar-refractivity contribution in [2.45, 2.75) is 30.8 Å². The van der Waals surface area contributed by atoms with Gasteiger partial charge < -0.3 is 25.5 Å². The molecule has 20 heavy (non-hydrogen) atoms. The first kappa shape index (κ1) is 12.3. The maximum absolute atomic E-state index is 12.5. The molecule has 1 unspecified atom stereocenters. The number of carbonyl (C=O) groups is 2. The zero-order valence-electron chi connectivity index (χ0n) is 11.4. The van der Waals surface area contributed by atoms with Gasteiger partial charge in [-0.25, -0.2) is 9.59 Å². The zero-order chi connectivity index (χ0) is 14.1. The number of nitrogens with two attached hydrogens (primary N) is 1. The number of urea groups is 1. The Morgan fingerprint density at radius 1 is 1.30 bits per heavy atom. The molecule has 5 fully saturated rings. The van der Waals surface area contributed by atoms with Gasteiger partial charge in [0.05, 0.1) is 6.04 Å². The molecule has 0 spiro atoms. The molecule has 2 heterocycles. The van der Waals surface area contributed by atoms with E-state index in [9.17, 15) is 9.59 Å². The minimum Gasteiger partial charge on any atom is -0.465 e. The lowest BCUT2D eigenvalue weighted by atomic mass is 9.39. The van der Waals surface area contributed by atoms with Crippen LogP contribution in [0.4, 0.5) is 9.59 Å². The summed E-state index contributed by atoms with van der Waals surface area (Å²) in [6, 6.07) is 0.126. The predicted octanol–water partition coefficient (Wildman–Crippen LogP) is -0.0324. The van der Waals surface area contributed by atoms with Gasteiger partial charge in [0, 0.05) is 31.7 Å². The lowest BCUT2D eigenvalue weighted by Crippen LogP contribution is -2.76. The highest BCUT2D eigenvalue weighted by molar-refractivity contribution is 5.79. The van der Waals surface area contributed by atoms with E-state index in [-0.39, 0.29) is 17.6 Å². The lowest BCUT2D eigenvalue weighted by molar-refractivity contribution is -0.193. The first-order valence-electron chi connectivity index (χ1n) is 7.25. The Balaban J connectivity index is 1.47. The molecule has 2 bridgehead atoms. The van der Waals surface area contributed by atoms with E-state index in [2.05, 4.69) is 0 Å². The summed E-state index contributed by atoms with van der Waals surface area (Å²) in [5.41, 5.74) is 6.13. The molecule has 7 heteroatoms. The number of rotatable bonds is 2. The molecule has 3 saturated carbocycles. The molecule has 5 rings (SSSR count). The van der Waals surface area contributed by atoms with Crippen LogP contribution >= 0.6 is 0 Å². The van der Waals surface area contributed by atoms with E-state index in [1.54, 1.807) is 0 Å². The van der Waals surface area contributed by atoms with Crippen LogP contribution in [0, 0.1) is 5.41 Å². The third-order valence-electron chi connectivity index (χ3n) is 5.74. The molecule has 0 aromatic carbocycles. The minimum absolute atomic E-state index is 0.0233. The maximum Gasteiger partial charge on any atom is 0.407 e. The fourth-order valence-corrected chi connectivity index (χ4v) is 4.72. The SMILES string of the molecule is NCC12CC(N3CC4CN(C(=O)O)CCN4C3=O)(C1)C2. The molecule has 2 aliphatic heterocycles. The molecule has 3 amide bonds. The fraction of sp³-hybridized carbons (Fsp3) is 0.846. The number of nitrogens with zero attached hydrogens (tertiary/aromatic N) is 3. The van der Waals surface area contributed by atoms with Gasteiger partial charge in [-0.1, -0.05) is 0 Å². The number of hydrogen-bond donors (Lipinski definition) is 2. The van der Waals surface area contributed by atoms with Crippen LogP contribution in [0.15, 0.2) is 0 Å². The molecule has 110 valence electrons. The highest BCUT2D eigenvalue weighted by Gasteiger charge is 2.71. The summed E-state index contributed by atoms with van der Waals surface area (Å²) < 4.78 is 0. The highest BCUT2D eigenvalue weighted by Crippen LogP contribution is 2.69. The Morgan fingerprint density at radius 3 is 2.60 bits per heavy atom. The normalized spacial score (nSPS) is 42.1. The zero-order valence-corrected chi connectivity index (χ0v) is 11.4. The second-order valence-electron chi connectivity index (χ2n) is 6.93. The van der Waals surface area contributed by atoms with Gasteiger partial charge in [-0.15, -0.1) is 0 Å². The van der Waals surface area contributed by atoms with Gasteiger partial charge in [0.25, 0.3) is 0 Å². The molecule has 2 saturated heterocycles. The Bertz CT molecular complexity index is 474. The van der Waals surface area contributed by atoms with Crippen molar-refractivity contribution in [1.82, 2.24) is 14.7 Å². The van der Waals surface area contributed by atoms with E-state index in [4.69, 9.17) is 10.8 Å². The molecule has 0 radical (unpaired) electrons. The summed E-state index contributed by atoms with van der Waals surface area (Å²) in [7, 11) is 0. The molecule has 5 aliphatic rings. The Kier molecular flexibility index (Phi) is 2.19. The van der Waals surface area contributed by atoms with Crippen molar-refractivity contribution in [3.05, 3.63) is 0 Å². The fourth-order valence-electron chi connectivity index (χ4n) is 4.72. The Hall–Kier alpha value is -1.50. The van der Waals surface area contributed by atoms with Gasteiger partial charge in [0.15, 0.2) is 0 Å². The summed E-state index contributed by atoms with van der Waals surface area (Å²) in [5, 5.41) is 9.08. The molecule has 1 atom stereocenters. The summed E-state index contributed by atoms with van der Waals surface area (Å²) in [4.78, 5) is 28.9. The summed E-state index contributed by atoms with van der Waals surface area (Å²) >= 11 is 0. The monoisotopic (exact) mass is 280 g/mol. The minimum atomic E-state index is -0.886. The van der Waals surface area contributed by atoms with Crippen LogP contribution in [0.5, 0.6) is 0 Å². The number of carbonyl (C=O) groups excluding carboxylic acids is 1. The van der Waals surface area contributed by atoms with Crippen molar-refractivity contribution >= 4 is 12.1 Å². The van der Waals surface area contributed by atoms with Crippen LogP contribution in [0.1, 0.15) is 19.3 Å². The Morgan fingerprint density at radius 2 is 2.00 bits per heavy atom. The summed E-state index contributed by atoms with van der Waals surface area (Å²) in [6.45, 7) is 2.77. The summed E-state index contributed by atoms with van der Waals surface area (Å²) in [6.07, 6.45) is 2.21. The van der Waals surface area contributed by atoms with Gasteiger partial charge in [-0.3, -0.25) is 0 Å². The predicted molar refractivity (Wildman–Crippen MR) is 70.3 cm³/mol. The van der Waals surface area contributed by atoms with Crippen LogP contribution in [0.3, 0.4) is 0 Å². The van der Waals surface area contributed by atoms with Crippen molar-refractivity contribution in [1.29, 1.82) is 0 Å². The summed E-state index contributed by atoms with van der Waals surface area (Å²) in [5.74, 6) is 0. The lowest BCUT2D eigenvalue weighted by Gasteiger charge is -2.73. The van der Waals surface area contributed by atoms with E-state index >= 15 is 0 Å². The van der Waals surface area contributed by atoms with Crippen molar-refractivity contribution < 1.29 is 14.7 Å². The van der Waals surface area contributed by atoms with Crippen LogP contribution in [0.25, 0.3) is 0 Å². The molecule has 3 aliphatic carbocycles. The van der Waals surface area contributed by atoms with Crippen molar-refractivity contribution in [2.75, 3.05) is 32.7 Å². The number of piperazine rings is 1. The van der Waals surface area contributed by atoms with Gasteiger partial charge in [0.2, 0.25) is 0 Å². The Labute approximate surface area is 117 Å². The largest absolute Gasteiger partial charge is 0.465 e. The van der Waals surface area contributed by atoms with Crippen LogP contribution in [0.2, 0.25) is 0 Å². The number of hydrogen-bond acceptors (Lipinski definition) is 3. The van der Waals surface area contributed by atoms with Gasteiger partial charge in [-0.05, 0) is 31.2 Å². The van der Waals surface area contributed by atoms with Crippen molar-refractivity contribution in [3.63, 3.8) is 0 Å². The second-order valence-corrected chi connectivity index (χ2v) is 6.93. The first-order chi connectivity index (χ1) is 9.49. The third kappa shape index (κ3) is 1.33. The molecule has 0 aromatic rings. The van der Waals surface area contributed by atoms with E-state index < -0.39 is 6.09 Å². The average Bonchev–Trinajstić information content (AvgIpc) is 2.64. The van der Waals surface area contributed by atoms with E-state index in [1.807, 2.05) is 9.80 Å². The van der Waals surface area contributed by atoms with E-state index in [0.29, 0.717) is 31.6 Å². The van der Waals surface area contributed by atoms with E-state index in [1.165, 1.54) is 4.90 Å². The standard InChI is InChI=1S/C13H20N4O3/c14-8-12-5-13(6-12,7-12)17-4-9-3-15(11(19)20)1-2-16(9)10(17)18/h9H,1-8,14H2,(H,19,20). The quantitative estimate of drug-likeness (QED) is 0.743. The average molecular weight is 280 g/mol. The molecule has 0 aromatic heterocycles. The second kappa shape index (κ2) is 3.58.